The SMILES string of the molecule is Cc1ccccc1CCCN(Cc1ccccc1)C(=O)O. The molecule has 0 radical (unpaired) electrons. The van der Waals surface area contributed by atoms with Gasteiger partial charge in [-0.25, -0.2) is 4.79 Å². The van der Waals surface area contributed by atoms with Crippen LogP contribution >= 0.6 is 0 Å². The fourth-order valence-electron chi connectivity index (χ4n) is 2.40. The van der Waals surface area contributed by atoms with E-state index >= 15 is 0 Å². The fraction of sp³-hybridized carbons (Fsp3) is 0.278. The van der Waals surface area contributed by atoms with Gasteiger partial charge in [0.25, 0.3) is 0 Å². The van der Waals surface area contributed by atoms with Crippen LogP contribution in [0, 0.1) is 6.92 Å². The number of carboxylic acid groups (broad SMARTS) is 1. The smallest absolute Gasteiger partial charge is 0.407 e. The molecule has 2 rings (SSSR count). The van der Waals surface area contributed by atoms with Crippen molar-refractivity contribution in [3.8, 4) is 0 Å². The Kier molecular flexibility index (Phi) is 5.38. The van der Waals surface area contributed by atoms with Gasteiger partial charge in [-0.3, -0.25) is 0 Å². The molecule has 1 N–H and O–H groups in total. The zero-order chi connectivity index (χ0) is 15.1. The van der Waals surface area contributed by atoms with Crippen molar-refractivity contribution in [2.75, 3.05) is 6.54 Å². The highest BCUT2D eigenvalue weighted by Crippen LogP contribution is 2.11. The third-order valence-electron chi connectivity index (χ3n) is 3.62. The van der Waals surface area contributed by atoms with E-state index in [1.807, 2.05) is 42.5 Å². The van der Waals surface area contributed by atoms with Gasteiger partial charge in [-0.05, 0) is 36.5 Å². The van der Waals surface area contributed by atoms with Gasteiger partial charge in [0.05, 0.1) is 0 Å². The molecule has 3 nitrogen and oxygen atoms in total. The van der Waals surface area contributed by atoms with Crippen molar-refractivity contribution >= 4 is 6.09 Å². The first-order valence-electron chi connectivity index (χ1n) is 7.23. The number of amides is 1. The molecule has 2 aromatic carbocycles. The van der Waals surface area contributed by atoms with E-state index in [0.29, 0.717) is 13.1 Å². The Hall–Kier alpha value is -2.29. The van der Waals surface area contributed by atoms with Gasteiger partial charge >= 0.3 is 6.09 Å². The summed E-state index contributed by atoms with van der Waals surface area (Å²) in [5.74, 6) is 0. The Bertz CT molecular complexity index is 581. The van der Waals surface area contributed by atoms with E-state index in [2.05, 4.69) is 19.1 Å². The molecule has 1 amide bonds. The van der Waals surface area contributed by atoms with E-state index in [1.54, 1.807) is 0 Å². The average Bonchev–Trinajstić information content (AvgIpc) is 2.49. The van der Waals surface area contributed by atoms with Crippen LogP contribution in [0.2, 0.25) is 0 Å². The Morgan fingerprint density at radius 2 is 1.71 bits per heavy atom. The Morgan fingerprint density at radius 1 is 1.05 bits per heavy atom. The predicted molar refractivity (Wildman–Crippen MR) is 84.4 cm³/mol. The summed E-state index contributed by atoms with van der Waals surface area (Å²) in [6.07, 6.45) is 0.888. The Balaban J connectivity index is 1.89. The molecule has 3 heteroatoms. The zero-order valence-electron chi connectivity index (χ0n) is 12.3. The highest BCUT2D eigenvalue weighted by atomic mass is 16.4. The first-order chi connectivity index (χ1) is 10.2. The lowest BCUT2D eigenvalue weighted by atomic mass is 10.0. The van der Waals surface area contributed by atoms with E-state index in [9.17, 15) is 9.90 Å². The fourth-order valence-corrected chi connectivity index (χ4v) is 2.40. The van der Waals surface area contributed by atoms with Gasteiger partial charge in [-0.1, -0.05) is 54.6 Å². The molecular weight excluding hydrogens is 262 g/mol. The summed E-state index contributed by atoms with van der Waals surface area (Å²) >= 11 is 0. The lowest BCUT2D eigenvalue weighted by Gasteiger charge is -2.19. The predicted octanol–water partition coefficient (Wildman–Crippen LogP) is 4.11. The summed E-state index contributed by atoms with van der Waals surface area (Å²) in [6.45, 7) is 3.09. The molecule has 0 aliphatic carbocycles. The standard InChI is InChI=1S/C18H21NO2/c1-15-8-5-6-11-17(15)12-7-13-19(18(20)21)14-16-9-3-2-4-10-16/h2-6,8-11H,7,12-14H2,1H3,(H,20,21). The Labute approximate surface area is 125 Å². The van der Waals surface area contributed by atoms with Crippen LogP contribution in [-0.4, -0.2) is 22.6 Å². The average molecular weight is 283 g/mol. The normalized spacial score (nSPS) is 10.3. The van der Waals surface area contributed by atoms with Crippen molar-refractivity contribution in [1.29, 1.82) is 0 Å². The first kappa shape index (κ1) is 15.1. The lowest BCUT2D eigenvalue weighted by molar-refractivity contribution is 0.141. The number of carbonyl (C=O) groups is 1. The summed E-state index contributed by atoms with van der Waals surface area (Å²) in [5, 5.41) is 9.31. The van der Waals surface area contributed by atoms with Crippen LogP contribution in [0.4, 0.5) is 4.79 Å². The molecule has 2 aromatic rings. The molecule has 0 aliphatic rings. The lowest BCUT2D eigenvalue weighted by Crippen LogP contribution is -2.30. The van der Waals surface area contributed by atoms with E-state index in [-0.39, 0.29) is 0 Å². The quantitative estimate of drug-likeness (QED) is 0.866. The minimum absolute atomic E-state index is 0.448. The zero-order valence-corrected chi connectivity index (χ0v) is 12.3. The van der Waals surface area contributed by atoms with Crippen LogP contribution in [0.15, 0.2) is 54.6 Å². The number of aryl methyl sites for hydroxylation is 2. The van der Waals surface area contributed by atoms with Crippen molar-refractivity contribution in [2.45, 2.75) is 26.3 Å². The maximum absolute atomic E-state index is 11.3. The second-order valence-electron chi connectivity index (χ2n) is 5.22. The number of benzene rings is 2. The molecule has 0 saturated heterocycles. The van der Waals surface area contributed by atoms with Crippen molar-refractivity contribution < 1.29 is 9.90 Å². The van der Waals surface area contributed by atoms with E-state index in [4.69, 9.17) is 0 Å². The molecule has 0 unspecified atom stereocenters. The molecule has 0 aliphatic heterocycles. The first-order valence-corrected chi connectivity index (χ1v) is 7.23. The van der Waals surface area contributed by atoms with Crippen LogP contribution in [-0.2, 0) is 13.0 Å². The topological polar surface area (TPSA) is 40.5 Å². The molecule has 0 spiro atoms. The number of hydrogen-bond acceptors (Lipinski definition) is 1. The molecular formula is C18H21NO2. The Morgan fingerprint density at radius 3 is 2.38 bits per heavy atom. The molecule has 0 atom stereocenters. The van der Waals surface area contributed by atoms with Crippen LogP contribution in [0.25, 0.3) is 0 Å². The second-order valence-corrected chi connectivity index (χ2v) is 5.22. The second kappa shape index (κ2) is 7.48. The molecule has 0 saturated carbocycles. The van der Waals surface area contributed by atoms with Gasteiger partial charge in [0.2, 0.25) is 0 Å². The molecule has 0 fully saturated rings. The summed E-state index contributed by atoms with van der Waals surface area (Å²) in [4.78, 5) is 12.8. The summed E-state index contributed by atoms with van der Waals surface area (Å²) in [5.41, 5.74) is 3.58. The van der Waals surface area contributed by atoms with E-state index in [1.165, 1.54) is 16.0 Å². The molecule has 0 aromatic heterocycles. The van der Waals surface area contributed by atoms with Crippen LogP contribution < -0.4 is 0 Å². The monoisotopic (exact) mass is 283 g/mol. The number of nitrogens with zero attached hydrogens (tertiary/aromatic N) is 1. The number of rotatable bonds is 6. The molecule has 21 heavy (non-hydrogen) atoms. The maximum Gasteiger partial charge on any atom is 0.407 e. The van der Waals surface area contributed by atoms with Crippen LogP contribution in [0.5, 0.6) is 0 Å². The molecule has 0 heterocycles. The van der Waals surface area contributed by atoms with Gasteiger partial charge in [0.15, 0.2) is 0 Å². The summed E-state index contributed by atoms with van der Waals surface area (Å²) in [6, 6.07) is 18.0. The minimum atomic E-state index is -0.858. The third kappa shape index (κ3) is 4.63. The van der Waals surface area contributed by atoms with E-state index < -0.39 is 6.09 Å². The third-order valence-corrected chi connectivity index (χ3v) is 3.62. The van der Waals surface area contributed by atoms with Gasteiger partial charge in [-0.15, -0.1) is 0 Å². The van der Waals surface area contributed by atoms with Gasteiger partial charge < -0.3 is 10.0 Å². The van der Waals surface area contributed by atoms with Crippen molar-refractivity contribution in [2.24, 2.45) is 0 Å². The number of hydrogen-bond donors (Lipinski definition) is 1. The highest BCUT2D eigenvalue weighted by molar-refractivity contribution is 5.65. The van der Waals surface area contributed by atoms with Crippen LogP contribution in [0.3, 0.4) is 0 Å². The summed E-state index contributed by atoms with van der Waals surface area (Å²) in [7, 11) is 0. The molecule has 110 valence electrons. The van der Waals surface area contributed by atoms with Crippen LogP contribution in [0.1, 0.15) is 23.1 Å². The van der Waals surface area contributed by atoms with Gasteiger partial charge in [0, 0.05) is 13.1 Å². The maximum atomic E-state index is 11.3. The van der Waals surface area contributed by atoms with Crippen molar-refractivity contribution in [3.63, 3.8) is 0 Å². The minimum Gasteiger partial charge on any atom is -0.465 e. The largest absolute Gasteiger partial charge is 0.465 e. The summed E-state index contributed by atoms with van der Waals surface area (Å²) < 4.78 is 0. The van der Waals surface area contributed by atoms with Crippen molar-refractivity contribution in [3.05, 3.63) is 71.3 Å². The highest BCUT2D eigenvalue weighted by Gasteiger charge is 2.11. The van der Waals surface area contributed by atoms with Gasteiger partial charge in [0.1, 0.15) is 0 Å². The molecule has 0 bridgehead atoms. The van der Waals surface area contributed by atoms with E-state index in [0.717, 1.165) is 18.4 Å². The van der Waals surface area contributed by atoms with Crippen molar-refractivity contribution in [1.82, 2.24) is 4.90 Å². The van der Waals surface area contributed by atoms with Gasteiger partial charge in [-0.2, -0.15) is 0 Å².